The van der Waals surface area contributed by atoms with Crippen LogP contribution in [0.2, 0.25) is 0 Å². The van der Waals surface area contributed by atoms with Gasteiger partial charge in [-0.15, -0.1) is 0 Å². The fourth-order valence-corrected chi connectivity index (χ4v) is 0.226. The zero-order valence-electron chi connectivity index (χ0n) is 5.02. The van der Waals surface area contributed by atoms with E-state index in [0.29, 0.717) is 0 Å². The second-order valence-corrected chi connectivity index (χ2v) is 1.50. The third kappa shape index (κ3) is 4.35. The van der Waals surface area contributed by atoms with Gasteiger partial charge in [-0.25, -0.2) is 4.79 Å². The van der Waals surface area contributed by atoms with Crippen LogP contribution in [0.25, 0.3) is 0 Å². The van der Waals surface area contributed by atoms with Gasteiger partial charge in [-0.05, 0) is 6.61 Å². The van der Waals surface area contributed by atoms with E-state index in [4.69, 9.17) is 11.6 Å². The molecular formula is C5H6ClO2Rf-. The Labute approximate surface area is 53.1 Å². The number of carbonyl (C=O) groups excluding carboxylic acids is 1. The molecule has 0 rings (SSSR count). The van der Waals surface area contributed by atoms with Crippen LogP contribution in [0, 0.1) is 6.92 Å². The molecule has 0 saturated heterocycles. The van der Waals surface area contributed by atoms with E-state index in [1.54, 1.807) is 0 Å². The van der Waals surface area contributed by atoms with Gasteiger partial charge in [-0.1, -0.05) is 18.2 Å². The van der Waals surface area contributed by atoms with Gasteiger partial charge in [-0.2, -0.15) is 0 Å². The molecule has 0 heterocycles. The van der Waals surface area contributed by atoms with Crippen molar-refractivity contribution in [2.45, 2.75) is 0 Å². The summed E-state index contributed by atoms with van der Waals surface area (Å²) < 4.78 is 4.32. The molecule has 0 aliphatic heterocycles. The Morgan fingerprint density at radius 1 is 1.78 bits per heavy atom. The Balaban J connectivity index is 0. The van der Waals surface area contributed by atoms with Crippen molar-refractivity contribution in [1.82, 2.24) is 0 Å². The van der Waals surface area contributed by atoms with E-state index < -0.39 is 5.97 Å². The van der Waals surface area contributed by atoms with Gasteiger partial charge in [0.2, 0.25) is 0 Å². The Morgan fingerprint density at radius 3 is 2.33 bits per heavy atom. The van der Waals surface area contributed by atoms with Crippen molar-refractivity contribution in [2.24, 2.45) is 0 Å². The average Bonchev–Trinajstić information content (AvgIpc) is 1.67. The third-order valence-electron chi connectivity index (χ3n) is 0.455. The number of esters is 1. The molecule has 0 aromatic carbocycles. The summed E-state index contributed by atoms with van der Waals surface area (Å²) in [5.41, 5.74) is 0. The second-order valence-electron chi connectivity index (χ2n) is 1.04. The maximum Gasteiger partial charge on any atom is 0.346 e. The molecule has 0 aromatic heterocycles. The van der Waals surface area contributed by atoms with E-state index in [-0.39, 0.29) is 11.6 Å². The number of halogens is 1. The molecule has 0 atom stereocenters. The van der Waals surface area contributed by atoms with Crippen molar-refractivity contribution in [3.63, 3.8) is 0 Å². The van der Waals surface area contributed by atoms with Crippen LogP contribution in [-0.2, 0) is 9.53 Å². The molecule has 0 N–H and O–H groups in total. The molecule has 0 bridgehead atoms. The Kier molecular flexibility index (Phi) is 5.42. The number of hydrogen-bond donors (Lipinski definition) is 0. The van der Waals surface area contributed by atoms with Crippen LogP contribution in [0.4, 0.5) is 0 Å². The Hall–Kier alpha value is -1.50. The van der Waals surface area contributed by atoms with Crippen LogP contribution in [0.5, 0.6) is 0 Å². The first kappa shape index (κ1) is 10.5. The van der Waals surface area contributed by atoms with E-state index in [9.17, 15) is 4.79 Å². The summed E-state index contributed by atoms with van der Waals surface area (Å²) in [7, 11) is 0. The van der Waals surface area contributed by atoms with Gasteiger partial charge in [0.15, 0.2) is 0 Å². The van der Waals surface area contributed by atoms with Crippen LogP contribution in [-0.4, -0.2) is 12.6 Å². The summed E-state index contributed by atoms with van der Waals surface area (Å²) in [6.07, 6.45) is 0. The van der Waals surface area contributed by atoms with Crippen LogP contribution >= 0.6 is 11.6 Å². The summed E-state index contributed by atoms with van der Waals surface area (Å²) in [6.45, 7) is 6.49. The van der Waals surface area contributed by atoms with Gasteiger partial charge >= 0.3 is 5.97 Å². The maximum atomic E-state index is 10.2. The summed E-state index contributed by atoms with van der Waals surface area (Å²) in [4.78, 5) is 10.2. The summed E-state index contributed by atoms with van der Waals surface area (Å²) in [5.74, 6) is -0.610. The topological polar surface area (TPSA) is 26.3 Å². The molecule has 0 aromatic rings. The molecule has 0 saturated carbocycles. The molecule has 0 amide bonds. The number of rotatable bonds is 2. The van der Waals surface area contributed by atoms with Crippen LogP contribution in [0.3, 0.4) is 0 Å². The number of carbonyl (C=O) groups is 1. The number of hydrogen-bond acceptors (Lipinski definition) is 2. The van der Waals surface area contributed by atoms with E-state index in [2.05, 4.69) is 18.2 Å². The third-order valence-corrected chi connectivity index (χ3v) is 0.609. The van der Waals surface area contributed by atoms with Crippen molar-refractivity contribution >= 4 is 17.6 Å². The molecular weight excluding hydrogens is 395 g/mol. The minimum atomic E-state index is -0.610. The average molecular weight is 401 g/mol. The van der Waals surface area contributed by atoms with E-state index >= 15 is 0 Å². The molecule has 0 spiro atoms. The van der Waals surface area contributed by atoms with E-state index in [0.717, 1.165) is 0 Å². The van der Waals surface area contributed by atoms with Crippen molar-refractivity contribution in [3.8, 4) is 0 Å². The van der Waals surface area contributed by atoms with E-state index in [1.807, 2.05) is 0 Å². The van der Waals surface area contributed by atoms with E-state index in [1.165, 1.54) is 0 Å². The van der Waals surface area contributed by atoms with Gasteiger partial charge in [0.05, 0.1) is 0 Å². The quantitative estimate of drug-likeness (QED) is 0.394. The van der Waals surface area contributed by atoms with Crippen LogP contribution in [0.1, 0.15) is 0 Å². The van der Waals surface area contributed by atoms with Crippen molar-refractivity contribution in [3.05, 3.63) is 18.5 Å². The molecule has 0 aliphatic carbocycles. The van der Waals surface area contributed by atoms with Crippen molar-refractivity contribution in [2.75, 3.05) is 6.61 Å². The van der Waals surface area contributed by atoms with Gasteiger partial charge < -0.3 is 11.7 Å². The molecule has 0 unspecified atom stereocenters. The monoisotopic (exact) mass is 400 g/mol. The molecule has 48 valence electrons. The second kappa shape index (κ2) is 4.65. The summed E-state index contributed by atoms with van der Waals surface area (Å²) >= 11 is 5.11. The largest absolute Gasteiger partial charge is 0.495 e. The van der Waals surface area contributed by atoms with Gasteiger partial charge in [0, 0.05) is 0 Å². The maximum absolute atomic E-state index is 10.2. The minimum Gasteiger partial charge on any atom is -0.495 e. The molecule has 0 aliphatic rings. The first-order valence-electron chi connectivity index (χ1n) is 1.99. The van der Waals surface area contributed by atoms with Gasteiger partial charge in [-0.3, -0.25) is 0 Å². The van der Waals surface area contributed by atoms with Crippen molar-refractivity contribution < 1.29 is 9.53 Å². The first-order chi connectivity index (χ1) is 3.68. The van der Waals surface area contributed by atoms with Crippen LogP contribution < -0.4 is 0 Å². The zero-order chi connectivity index (χ0) is 6.57. The fourth-order valence-electron chi connectivity index (χ4n) is 0.171. The SMILES string of the molecule is C=C(Cl)C(=O)OC[CH2-].[Rf]. The molecule has 0 radical (unpaired) electrons. The molecule has 9 heavy (non-hydrogen) atoms. The Bertz CT molecular complexity index is 114. The number of ether oxygens (including phenoxy) is 1. The van der Waals surface area contributed by atoms with Crippen LogP contribution in [0.15, 0.2) is 11.6 Å². The molecule has 0 fully saturated rings. The predicted octanol–water partition coefficient (Wildman–Crippen LogP) is 1.12. The van der Waals surface area contributed by atoms with Crippen molar-refractivity contribution in [1.29, 1.82) is 0 Å². The Morgan fingerprint density at radius 2 is 2.22 bits per heavy atom. The van der Waals surface area contributed by atoms with Gasteiger partial charge in [0.25, 0.3) is 0 Å². The zero-order valence-corrected chi connectivity index (χ0v) is 12.2. The molecule has 2 nitrogen and oxygen atoms in total. The predicted molar refractivity (Wildman–Crippen MR) is 31.3 cm³/mol. The van der Waals surface area contributed by atoms with Gasteiger partial charge in [0.1, 0.15) is 5.03 Å². The normalized spacial score (nSPS) is 7.33. The summed E-state index contributed by atoms with van der Waals surface area (Å²) in [6, 6.07) is 0. The minimum absolute atomic E-state index is 0. The molecule has 4 heteroatoms. The summed E-state index contributed by atoms with van der Waals surface area (Å²) in [5, 5.41) is -0.117. The standard InChI is InChI=1S/C5H6ClO2.Rf/c1-3-8-5(7)4(2)6;/h1-3H2;/q-1;. The fraction of sp³-hybridized carbons (Fsp3) is 0.200. The smallest absolute Gasteiger partial charge is 0.346 e. The first-order valence-corrected chi connectivity index (χ1v) is 2.37.